The molecule has 1 rings (SSSR count). The van der Waals surface area contributed by atoms with Gasteiger partial charge in [0.1, 0.15) is 0 Å². The Balaban J connectivity index is 2.36. The smallest absolute Gasteiger partial charge is 0.320 e. The van der Waals surface area contributed by atoms with Crippen molar-refractivity contribution in [2.24, 2.45) is 0 Å². The van der Waals surface area contributed by atoms with E-state index in [-0.39, 0.29) is 12.2 Å². The Labute approximate surface area is 93.2 Å². The summed E-state index contributed by atoms with van der Waals surface area (Å²) >= 11 is 0. The van der Waals surface area contributed by atoms with Crippen LogP contribution in [0.25, 0.3) is 0 Å². The number of carbonyl (C=O) groups is 1. The van der Waals surface area contributed by atoms with E-state index in [0.717, 1.165) is 0 Å². The molecule has 0 fully saturated rings. The number of alkyl halides is 2. The van der Waals surface area contributed by atoms with Crippen LogP contribution in [0.1, 0.15) is 30.1 Å². The average Bonchev–Trinajstić information content (AvgIpc) is 2.26. The lowest BCUT2D eigenvalue weighted by Gasteiger charge is -2.11. The number of hydrogen-bond acceptors (Lipinski definition) is 2. The third-order valence-electron chi connectivity index (χ3n) is 2.21. The van der Waals surface area contributed by atoms with E-state index in [9.17, 15) is 13.6 Å². The number of benzene rings is 1. The largest absolute Gasteiger partial charge is 0.345 e. The molecule has 16 heavy (non-hydrogen) atoms. The molecular weight excluding hydrogens is 214 g/mol. The van der Waals surface area contributed by atoms with Crippen molar-refractivity contribution in [2.45, 2.75) is 32.5 Å². The van der Waals surface area contributed by atoms with E-state index in [1.165, 1.54) is 6.92 Å². The van der Waals surface area contributed by atoms with E-state index < -0.39 is 12.7 Å². The Morgan fingerprint density at radius 3 is 2.50 bits per heavy atom. The summed E-state index contributed by atoms with van der Waals surface area (Å²) in [5, 5.41) is 0. The summed E-state index contributed by atoms with van der Waals surface area (Å²) < 4.78 is 27.9. The number of halogens is 2. The van der Waals surface area contributed by atoms with Crippen molar-refractivity contribution in [3.63, 3.8) is 0 Å². The third kappa shape index (κ3) is 4.49. The van der Waals surface area contributed by atoms with Gasteiger partial charge in [-0.2, -0.15) is 8.78 Å². The second-order valence-corrected chi connectivity index (χ2v) is 3.54. The van der Waals surface area contributed by atoms with Gasteiger partial charge >= 0.3 is 6.61 Å². The Hall–Kier alpha value is -1.29. The van der Waals surface area contributed by atoms with Gasteiger partial charge in [0.15, 0.2) is 5.78 Å². The summed E-state index contributed by atoms with van der Waals surface area (Å²) in [4.78, 5) is 11.6. The molecule has 1 unspecified atom stereocenters. The number of hydrogen-bond donors (Lipinski definition) is 0. The molecule has 1 atom stereocenters. The first-order valence-corrected chi connectivity index (χ1v) is 5.11. The molecule has 0 aliphatic carbocycles. The maximum absolute atomic E-state index is 11.8. The second-order valence-electron chi connectivity index (χ2n) is 3.54. The van der Waals surface area contributed by atoms with Crippen LogP contribution in [0.5, 0.6) is 0 Å². The number of carbonyl (C=O) groups excluding carboxylic acids is 1. The van der Waals surface area contributed by atoms with Gasteiger partial charge in [-0.1, -0.05) is 30.3 Å². The van der Waals surface area contributed by atoms with Crippen molar-refractivity contribution < 1.29 is 18.3 Å². The molecule has 0 aliphatic heterocycles. The minimum Gasteiger partial charge on any atom is -0.320 e. The number of rotatable bonds is 6. The maximum Gasteiger partial charge on any atom is 0.345 e. The molecule has 1 aromatic carbocycles. The van der Waals surface area contributed by atoms with Crippen LogP contribution in [0.4, 0.5) is 8.78 Å². The van der Waals surface area contributed by atoms with Crippen LogP contribution in [0.2, 0.25) is 0 Å². The van der Waals surface area contributed by atoms with E-state index in [1.807, 2.05) is 6.07 Å². The Bertz CT molecular complexity index is 325. The lowest BCUT2D eigenvalue weighted by atomic mass is 10.1. The van der Waals surface area contributed by atoms with Gasteiger partial charge in [-0.05, 0) is 13.3 Å². The van der Waals surface area contributed by atoms with Crippen LogP contribution in [0.15, 0.2) is 30.3 Å². The zero-order valence-electron chi connectivity index (χ0n) is 9.03. The second kappa shape index (κ2) is 6.33. The summed E-state index contributed by atoms with van der Waals surface area (Å²) in [6.07, 6.45) is -0.0802. The first-order chi connectivity index (χ1) is 7.59. The first-order valence-electron chi connectivity index (χ1n) is 5.11. The zero-order valence-corrected chi connectivity index (χ0v) is 9.03. The molecule has 0 heterocycles. The van der Waals surface area contributed by atoms with Crippen molar-refractivity contribution in [2.75, 3.05) is 0 Å². The SMILES string of the molecule is CC(CCC(=O)c1ccccc1)OC(F)F. The topological polar surface area (TPSA) is 26.3 Å². The molecule has 0 bridgehead atoms. The molecule has 0 aliphatic rings. The molecule has 0 radical (unpaired) electrons. The van der Waals surface area contributed by atoms with Crippen LogP contribution in [-0.4, -0.2) is 18.5 Å². The molecule has 0 spiro atoms. The van der Waals surface area contributed by atoms with Crippen molar-refractivity contribution in [3.05, 3.63) is 35.9 Å². The Kier molecular flexibility index (Phi) is 5.05. The monoisotopic (exact) mass is 228 g/mol. The highest BCUT2D eigenvalue weighted by atomic mass is 19.3. The van der Waals surface area contributed by atoms with Gasteiger partial charge in [0.05, 0.1) is 6.10 Å². The van der Waals surface area contributed by atoms with Gasteiger partial charge in [0.2, 0.25) is 0 Å². The third-order valence-corrected chi connectivity index (χ3v) is 2.21. The molecule has 88 valence electrons. The van der Waals surface area contributed by atoms with Gasteiger partial charge in [0, 0.05) is 12.0 Å². The number of Topliss-reactive ketones (excluding diaryl/α,β-unsaturated/α-hetero) is 1. The molecule has 0 amide bonds. The quantitative estimate of drug-likeness (QED) is 0.698. The first kappa shape index (κ1) is 12.8. The predicted octanol–water partition coefficient (Wildman–Crippen LogP) is 3.28. The number of ether oxygens (including phenoxy) is 1. The predicted molar refractivity (Wildman–Crippen MR) is 56.6 cm³/mol. The molecule has 0 saturated carbocycles. The van der Waals surface area contributed by atoms with Gasteiger partial charge < -0.3 is 4.74 Å². The molecule has 4 heteroatoms. The van der Waals surface area contributed by atoms with Crippen LogP contribution >= 0.6 is 0 Å². The molecule has 0 N–H and O–H groups in total. The highest BCUT2D eigenvalue weighted by Gasteiger charge is 2.12. The van der Waals surface area contributed by atoms with Crippen molar-refractivity contribution >= 4 is 5.78 Å². The molecule has 0 saturated heterocycles. The molecular formula is C12H14F2O2. The summed E-state index contributed by atoms with van der Waals surface area (Å²) in [6.45, 7) is -1.24. The van der Waals surface area contributed by atoms with E-state index in [0.29, 0.717) is 12.0 Å². The summed E-state index contributed by atoms with van der Waals surface area (Å²) in [7, 11) is 0. The summed E-state index contributed by atoms with van der Waals surface area (Å²) in [5.41, 5.74) is 0.603. The normalized spacial score (nSPS) is 12.8. The lowest BCUT2D eigenvalue weighted by molar-refractivity contribution is -0.158. The highest BCUT2D eigenvalue weighted by Crippen LogP contribution is 2.10. The molecule has 2 nitrogen and oxygen atoms in total. The van der Waals surface area contributed by atoms with Gasteiger partial charge in [-0.15, -0.1) is 0 Å². The van der Waals surface area contributed by atoms with Crippen molar-refractivity contribution in [1.29, 1.82) is 0 Å². The fourth-order valence-electron chi connectivity index (χ4n) is 1.35. The fraction of sp³-hybridized carbons (Fsp3) is 0.417. The van der Waals surface area contributed by atoms with E-state index >= 15 is 0 Å². The highest BCUT2D eigenvalue weighted by molar-refractivity contribution is 5.95. The Morgan fingerprint density at radius 1 is 1.31 bits per heavy atom. The zero-order chi connectivity index (χ0) is 12.0. The summed E-state index contributed by atoms with van der Waals surface area (Å²) in [5.74, 6) is -0.0506. The fourth-order valence-corrected chi connectivity index (χ4v) is 1.35. The van der Waals surface area contributed by atoms with E-state index in [4.69, 9.17) is 0 Å². The minimum absolute atomic E-state index is 0.0506. The standard InChI is InChI=1S/C12H14F2O2/c1-9(16-12(13)14)7-8-11(15)10-5-3-2-4-6-10/h2-6,9,12H,7-8H2,1H3. The maximum atomic E-state index is 11.8. The van der Waals surface area contributed by atoms with Crippen molar-refractivity contribution in [1.82, 2.24) is 0 Å². The number of ketones is 1. The lowest BCUT2D eigenvalue weighted by Crippen LogP contribution is -2.14. The molecule has 0 aromatic heterocycles. The average molecular weight is 228 g/mol. The summed E-state index contributed by atoms with van der Waals surface area (Å²) in [6, 6.07) is 8.78. The van der Waals surface area contributed by atoms with Crippen molar-refractivity contribution in [3.8, 4) is 0 Å². The Morgan fingerprint density at radius 2 is 1.94 bits per heavy atom. The molecule has 1 aromatic rings. The van der Waals surface area contributed by atoms with E-state index in [1.54, 1.807) is 24.3 Å². The minimum atomic E-state index is -2.78. The van der Waals surface area contributed by atoms with E-state index in [2.05, 4.69) is 4.74 Å². The van der Waals surface area contributed by atoms with Gasteiger partial charge in [-0.3, -0.25) is 4.79 Å². The van der Waals surface area contributed by atoms with Crippen LogP contribution < -0.4 is 0 Å². The van der Waals surface area contributed by atoms with Gasteiger partial charge in [0.25, 0.3) is 0 Å². The van der Waals surface area contributed by atoms with Crippen LogP contribution in [-0.2, 0) is 4.74 Å². The van der Waals surface area contributed by atoms with Crippen LogP contribution in [0.3, 0.4) is 0 Å². The van der Waals surface area contributed by atoms with Crippen LogP contribution in [0, 0.1) is 0 Å². The van der Waals surface area contributed by atoms with Gasteiger partial charge in [-0.25, -0.2) is 0 Å².